The fraction of sp³-hybridized carbons (Fsp3) is 0.368. The van der Waals surface area contributed by atoms with Crippen LogP contribution in [-0.4, -0.2) is 82.8 Å². The molecule has 1 aliphatic heterocycles. The molecule has 74 heavy (non-hydrogen) atoms. The molecular weight excluding hydrogens is 998 g/mol. The first-order valence-electron chi connectivity index (χ1n) is 25.5. The van der Waals surface area contributed by atoms with Gasteiger partial charge in [-0.15, -0.1) is 0 Å². The van der Waals surface area contributed by atoms with Gasteiger partial charge in [-0.05, 0) is 140 Å². The number of Topliss-reactive ketones (excluding diaryl/α,β-unsaturated/α-hetero) is 1. The summed E-state index contributed by atoms with van der Waals surface area (Å²) in [6.07, 6.45) is 4.59. The standard InChI is InChI=1S/C57H66ClN5O9S2/c1-7-61(8-2)42-24-27-46-52(34-42)72-53-35-43(62(9-3)10-4)25-28-47(53)56(46)48-29-26-45(36-54(48)74(69,70)71)73(67,68)60-32-16-12-14-18-44(64)17-13-11-15-31-59-55(65)37-49-39(6)63(51-30-19-38(5)33-50(49)51)57(66)40-20-22-41(58)23-21-40/h19-30,33-36,60H,7-18,31-32,37H2,1-6H3,(H-,59,65,69,70,71). The van der Waals surface area contributed by atoms with Crippen molar-refractivity contribution in [3.05, 3.63) is 130 Å². The number of nitrogens with zero attached hydrogens (tertiary/aromatic N) is 3. The number of carbonyl (C=O) groups is 3. The Hall–Kier alpha value is -6.17. The zero-order valence-electron chi connectivity index (χ0n) is 43.1. The zero-order valence-corrected chi connectivity index (χ0v) is 45.4. The number of rotatable bonds is 24. The number of hydrogen-bond donors (Lipinski definition) is 2. The third-order valence-electron chi connectivity index (χ3n) is 13.7. The molecule has 2 heterocycles. The topological polar surface area (TPSA) is 191 Å². The van der Waals surface area contributed by atoms with E-state index in [1.165, 1.54) is 12.1 Å². The van der Waals surface area contributed by atoms with E-state index in [2.05, 4.69) is 19.5 Å². The predicted molar refractivity (Wildman–Crippen MR) is 293 cm³/mol. The lowest BCUT2D eigenvalue weighted by Crippen LogP contribution is -2.29. The summed E-state index contributed by atoms with van der Waals surface area (Å²) in [5, 5.41) is 5.86. The van der Waals surface area contributed by atoms with Crippen molar-refractivity contribution in [2.24, 2.45) is 0 Å². The molecule has 2 N–H and O–H groups in total. The van der Waals surface area contributed by atoms with E-state index < -0.39 is 25.0 Å². The van der Waals surface area contributed by atoms with Crippen LogP contribution in [0.25, 0.3) is 44.3 Å². The molecule has 392 valence electrons. The minimum Gasteiger partial charge on any atom is -0.744 e. The van der Waals surface area contributed by atoms with E-state index in [0.717, 1.165) is 71.7 Å². The summed E-state index contributed by atoms with van der Waals surface area (Å²) in [6.45, 7) is 15.5. The molecule has 7 rings (SSSR count). The summed E-state index contributed by atoms with van der Waals surface area (Å²) in [7, 11) is -9.43. The molecule has 1 aromatic heterocycles. The molecule has 0 spiro atoms. The Kier molecular flexibility index (Phi) is 18.4. The second-order valence-electron chi connectivity index (χ2n) is 18.6. The maximum absolute atomic E-state index is 13.6. The molecule has 4 aromatic carbocycles. The van der Waals surface area contributed by atoms with Crippen LogP contribution in [0.15, 0.2) is 111 Å². The van der Waals surface area contributed by atoms with Crippen LogP contribution in [-0.2, 0) is 36.2 Å². The Morgan fingerprint density at radius 1 is 0.730 bits per heavy atom. The summed E-state index contributed by atoms with van der Waals surface area (Å²) in [4.78, 5) is 40.6. The molecule has 0 radical (unpaired) electrons. The fourth-order valence-corrected chi connectivity index (χ4v) is 11.7. The van der Waals surface area contributed by atoms with Crippen molar-refractivity contribution in [2.75, 3.05) is 44.2 Å². The van der Waals surface area contributed by atoms with Crippen molar-refractivity contribution in [1.82, 2.24) is 19.2 Å². The lowest BCUT2D eigenvalue weighted by Gasteiger charge is -2.23. The van der Waals surface area contributed by atoms with Crippen LogP contribution >= 0.6 is 11.6 Å². The van der Waals surface area contributed by atoms with Crippen LogP contribution in [0.4, 0.5) is 5.69 Å². The van der Waals surface area contributed by atoms with Crippen molar-refractivity contribution in [3.63, 3.8) is 0 Å². The van der Waals surface area contributed by atoms with Crippen LogP contribution in [0.1, 0.15) is 106 Å². The number of nitrogens with one attached hydrogen (secondary N) is 2. The quantitative estimate of drug-likeness (QED) is 0.0255. The van der Waals surface area contributed by atoms with Crippen LogP contribution in [0.2, 0.25) is 5.02 Å². The smallest absolute Gasteiger partial charge is 0.262 e. The number of fused-ring (bicyclic) bond motifs is 3. The summed E-state index contributed by atoms with van der Waals surface area (Å²) >= 11 is 6.06. The van der Waals surface area contributed by atoms with Gasteiger partial charge in [0.1, 0.15) is 40.3 Å². The normalized spacial score (nSPS) is 11.9. The van der Waals surface area contributed by atoms with Crippen molar-refractivity contribution in [3.8, 4) is 22.5 Å². The summed E-state index contributed by atoms with van der Waals surface area (Å²) in [6, 6.07) is 27.5. The number of halogens is 1. The Morgan fingerprint density at radius 3 is 2.07 bits per heavy atom. The van der Waals surface area contributed by atoms with Gasteiger partial charge in [0, 0.05) is 101 Å². The number of aryl methyl sites for hydroxylation is 1. The maximum atomic E-state index is 13.6. The van der Waals surface area contributed by atoms with Crippen molar-refractivity contribution < 1.29 is 40.2 Å². The monoisotopic (exact) mass is 1060 g/mol. The highest BCUT2D eigenvalue weighted by Gasteiger charge is 2.26. The Labute approximate surface area is 439 Å². The lowest BCUT2D eigenvalue weighted by molar-refractivity contribution is -0.121. The van der Waals surface area contributed by atoms with E-state index in [0.29, 0.717) is 95.6 Å². The Morgan fingerprint density at radius 2 is 1.41 bits per heavy atom. The number of sulfonamides is 1. The molecule has 1 aliphatic carbocycles. The number of hydrogen-bond acceptors (Lipinski definition) is 10. The highest BCUT2D eigenvalue weighted by molar-refractivity contribution is 7.89. The summed E-state index contributed by atoms with van der Waals surface area (Å²) < 4.78 is 79.1. The van der Waals surface area contributed by atoms with E-state index in [4.69, 9.17) is 16.0 Å². The van der Waals surface area contributed by atoms with Gasteiger partial charge < -0.3 is 19.2 Å². The molecule has 5 aromatic rings. The van der Waals surface area contributed by atoms with Gasteiger partial charge in [0.25, 0.3) is 5.91 Å². The van der Waals surface area contributed by atoms with Crippen LogP contribution in [0.5, 0.6) is 0 Å². The molecule has 14 nitrogen and oxygen atoms in total. The Bertz CT molecular complexity index is 3470. The molecule has 0 fully saturated rings. The molecule has 0 saturated carbocycles. The number of ketones is 1. The van der Waals surface area contributed by atoms with E-state index in [1.54, 1.807) is 28.8 Å². The lowest BCUT2D eigenvalue weighted by atomic mass is 9.93. The maximum Gasteiger partial charge on any atom is 0.262 e. The highest BCUT2D eigenvalue weighted by atomic mass is 35.5. The number of aromatic nitrogens is 1. The molecule has 0 unspecified atom stereocenters. The van der Waals surface area contributed by atoms with Gasteiger partial charge in [0.2, 0.25) is 21.3 Å². The summed E-state index contributed by atoms with van der Waals surface area (Å²) in [5.74, 6) is 0.236. The van der Waals surface area contributed by atoms with Gasteiger partial charge in [-0.2, -0.15) is 0 Å². The van der Waals surface area contributed by atoms with Crippen molar-refractivity contribution >= 4 is 76.9 Å². The minimum absolute atomic E-state index is 0.0471. The van der Waals surface area contributed by atoms with Crippen molar-refractivity contribution in [1.29, 1.82) is 0 Å². The Balaban J connectivity index is 0.902. The van der Waals surface area contributed by atoms with Gasteiger partial charge in [-0.25, -0.2) is 26.1 Å². The largest absolute Gasteiger partial charge is 0.744 e. The van der Waals surface area contributed by atoms with Crippen LogP contribution in [0, 0.1) is 13.8 Å². The number of amides is 1. The van der Waals surface area contributed by atoms with E-state index >= 15 is 0 Å². The average molecular weight is 1060 g/mol. The van der Waals surface area contributed by atoms with E-state index in [-0.39, 0.29) is 41.0 Å². The fourth-order valence-electron chi connectivity index (χ4n) is 9.73. The van der Waals surface area contributed by atoms with Gasteiger partial charge in [-0.1, -0.05) is 42.1 Å². The molecule has 0 saturated heterocycles. The van der Waals surface area contributed by atoms with Gasteiger partial charge in [0.15, 0.2) is 0 Å². The first-order valence-corrected chi connectivity index (χ1v) is 28.8. The van der Waals surface area contributed by atoms with Crippen LogP contribution in [0.3, 0.4) is 0 Å². The van der Waals surface area contributed by atoms with Gasteiger partial charge >= 0.3 is 0 Å². The average Bonchev–Trinajstić information content (AvgIpc) is 3.64. The minimum atomic E-state index is -5.20. The second-order valence-corrected chi connectivity index (χ2v) is 22.2. The second kappa shape index (κ2) is 24.5. The third-order valence-corrected chi connectivity index (χ3v) is 16.3. The molecular formula is C57H66ClN5O9S2. The number of unbranched alkanes of at least 4 members (excludes halogenated alkanes) is 4. The zero-order chi connectivity index (χ0) is 53.3. The SMILES string of the molecule is CCN(CC)c1ccc2c(-c3ccc(S(=O)(=O)NCCCCCC(=O)CCCCCNC(=O)Cc4c(C)n(C(=O)c5ccc(Cl)cc5)c5ccc(C)cc45)cc3S(=O)(=O)[O-])c3ccc(=[N+](CC)CC)cc-3oc2c1. The summed E-state index contributed by atoms with van der Waals surface area (Å²) in [5.41, 5.74) is 6.20. The first kappa shape index (κ1) is 55.6. The molecule has 1 amide bonds. The van der Waals surface area contributed by atoms with Crippen LogP contribution < -0.4 is 24.9 Å². The number of benzene rings is 5. The predicted octanol–water partition coefficient (Wildman–Crippen LogP) is 10.0. The molecule has 17 heteroatoms. The van der Waals surface area contributed by atoms with Crippen molar-refractivity contribution in [2.45, 2.75) is 109 Å². The number of carbonyl (C=O) groups excluding carboxylic acids is 3. The molecule has 0 atom stereocenters. The third kappa shape index (κ3) is 12.8. The first-order chi connectivity index (χ1) is 35.4. The van der Waals surface area contributed by atoms with E-state index in [9.17, 15) is 35.8 Å². The molecule has 0 bridgehead atoms. The highest BCUT2D eigenvalue weighted by Crippen LogP contribution is 2.43. The van der Waals surface area contributed by atoms with Gasteiger partial charge in [0.05, 0.1) is 27.8 Å². The molecule has 2 aliphatic rings. The van der Waals surface area contributed by atoms with E-state index in [1.807, 2.05) is 96.1 Å². The number of anilines is 1. The van der Waals surface area contributed by atoms with Gasteiger partial charge in [-0.3, -0.25) is 19.0 Å².